The van der Waals surface area contributed by atoms with E-state index < -0.39 is 0 Å². The van der Waals surface area contributed by atoms with Crippen molar-refractivity contribution in [1.29, 1.82) is 0 Å². The maximum Gasteiger partial charge on any atom is 0.0600 e. The molecule has 16 heavy (non-hydrogen) atoms. The van der Waals surface area contributed by atoms with Crippen LogP contribution in [0.3, 0.4) is 0 Å². The molecule has 2 rings (SSSR count). The Kier molecular flexibility index (Phi) is 2.81. The van der Waals surface area contributed by atoms with Gasteiger partial charge in [-0.25, -0.2) is 0 Å². The van der Waals surface area contributed by atoms with E-state index in [-0.39, 0.29) is 0 Å². The molecule has 0 saturated heterocycles. The SMILES string of the molecule is CN(Cc1cnn(C)c1)c1ccccc1N. The Morgan fingerprint density at radius 1 is 1.38 bits per heavy atom. The van der Waals surface area contributed by atoms with Gasteiger partial charge in [0, 0.05) is 32.4 Å². The van der Waals surface area contributed by atoms with E-state index in [0.29, 0.717) is 0 Å². The molecule has 0 bridgehead atoms. The van der Waals surface area contributed by atoms with Crippen LogP contribution in [0.4, 0.5) is 11.4 Å². The largest absolute Gasteiger partial charge is 0.397 e. The predicted octanol–water partition coefficient (Wildman–Crippen LogP) is 1.64. The molecular weight excluding hydrogens is 200 g/mol. The molecule has 2 aromatic rings. The molecular formula is C12H16N4. The summed E-state index contributed by atoms with van der Waals surface area (Å²) in [6.07, 6.45) is 3.88. The molecule has 0 aliphatic rings. The average Bonchev–Trinajstić information content (AvgIpc) is 2.64. The van der Waals surface area contributed by atoms with Crippen LogP contribution >= 0.6 is 0 Å². The Hall–Kier alpha value is -1.97. The van der Waals surface area contributed by atoms with Crippen molar-refractivity contribution in [2.45, 2.75) is 6.54 Å². The number of nitrogens with two attached hydrogens (primary N) is 1. The highest BCUT2D eigenvalue weighted by Gasteiger charge is 2.05. The highest BCUT2D eigenvalue weighted by molar-refractivity contribution is 5.66. The predicted molar refractivity (Wildman–Crippen MR) is 66.2 cm³/mol. The summed E-state index contributed by atoms with van der Waals surface area (Å²) in [5, 5.41) is 4.14. The Labute approximate surface area is 95.3 Å². The van der Waals surface area contributed by atoms with Crippen molar-refractivity contribution >= 4 is 11.4 Å². The van der Waals surface area contributed by atoms with Crippen molar-refractivity contribution in [2.75, 3.05) is 17.7 Å². The lowest BCUT2D eigenvalue weighted by Crippen LogP contribution is -2.17. The summed E-state index contributed by atoms with van der Waals surface area (Å²) in [4.78, 5) is 2.12. The Bertz CT molecular complexity index is 475. The maximum absolute atomic E-state index is 5.92. The van der Waals surface area contributed by atoms with Gasteiger partial charge in [0.2, 0.25) is 0 Å². The number of aryl methyl sites for hydroxylation is 1. The van der Waals surface area contributed by atoms with Crippen LogP contribution in [0.1, 0.15) is 5.56 Å². The van der Waals surface area contributed by atoms with E-state index in [0.717, 1.165) is 17.9 Å². The molecule has 2 N–H and O–H groups in total. The van der Waals surface area contributed by atoms with E-state index in [4.69, 9.17) is 5.73 Å². The summed E-state index contributed by atoms with van der Waals surface area (Å²) in [7, 11) is 3.94. The highest BCUT2D eigenvalue weighted by atomic mass is 15.2. The fraction of sp³-hybridized carbons (Fsp3) is 0.250. The zero-order valence-electron chi connectivity index (χ0n) is 9.59. The minimum Gasteiger partial charge on any atom is -0.397 e. The van der Waals surface area contributed by atoms with Gasteiger partial charge in [0.15, 0.2) is 0 Å². The topological polar surface area (TPSA) is 47.1 Å². The third kappa shape index (κ3) is 2.16. The standard InChI is InChI=1S/C12H16N4/c1-15(8-10-7-14-16(2)9-10)12-6-4-3-5-11(12)13/h3-7,9H,8,13H2,1-2H3. The average molecular weight is 216 g/mol. The normalized spacial score (nSPS) is 10.4. The molecule has 1 heterocycles. The minimum absolute atomic E-state index is 0.800. The van der Waals surface area contributed by atoms with Gasteiger partial charge in [-0.05, 0) is 12.1 Å². The zero-order valence-corrected chi connectivity index (χ0v) is 9.59. The van der Waals surface area contributed by atoms with Crippen LogP contribution in [0, 0.1) is 0 Å². The Morgan fingerprint density at radius 3 is 2.75 bits per heavy atom. The maximum atomic E-state index is 5.92. The molecule has 0 spiro atoms. The quantitative estimate of drug-likeness (QED) is 0.793. The van der Waals surface area contributed by atoms with Gasteiger partial charge < -0.3 is 10.6 Å². The second-order valence-electron chi connectivity index (χ2n) is 3.94. The van der Waals surface area contributed by atoms with E-state index in [1.807, 2.05) is 50.8 Å². The number of rotatable bonds is 3. The lowest BCUT2D eigenvalue weighted by molar-refractivity contribution is 0.766. The highest BCUT2D eigenvalue weighted by Crippen LogP contribution is 2.22. The molecule has 4 nitrogen and oxygen atoms in total. The van der Waals surface area contributed by atoms with E-state index in [1.165, 1.54) is 5.56 Å². The molecule has 0 radical (unpaired) electrons. The summed E-state index contributed by atoms with van der Waals surface area (Å²) in [6.45, 7) is 0.808. The minimum atomic E-state index is 0.800. The number of nitrogens with zero attached hydrogens (tertiary/aromatic N) is 3. The molecule has 0 aliphatic heterocycles. The third-order valence-electron chi connectivity index (χ3n) is 2.53. The van der Waals surface area contributed by atoms with Crippen molar-refractivity contribution in [3.8, 4) is 0 Å². The number of benzene rings is 1. The van der Waals surface area contributed by atoms with Crippen LogP contribution < -0.4 is 10.6 Å². The summed E-state index contributed by atoms with van der Waals surface area (Å²) >= 11 is 0. The molecule has 1 aromatic heterocycles. The first kappa shape index (κ1) is 10.5. The van der Waals surface area contributed by atoms with Crippen molar-refractivity contribution < 1.29 is 0 Å². The summed E-state index contributed by atoms with van der Waals surface area (Å²) < 4.78 is 1.80. The van der Waals surface area contributed by atoms with Crippen LogP contribution in [-0.4, -0.2) is 16.8 Å². The molecule has 0 unspecified atom stereocenters. The van der Waals surface area contributed by atoms with Crippen LogP contribution in [0.5, 0.6) is 0 Å². The van der Waals surface area contributed by atoms with Gasteiger partial charge in [0.25, 0.3) is 0 Å². The van der Waals surface area contributed by atoms with Gasteiger partial charge in [-0.1, -0.05) is 12.1 Å². The number of hydrogen-bond acceptors (Lipinski definition) is 3. The fourth-order valence-corrected chi connectivity index (χ4v) is 1.75. The van der Waals surface area contributed by atoms with Crippen LogP contribution in [-0.2, 0) is 13.6 Å². The van der Waals surface area contributed by atoms with Crippen molar-refractivity contribution in [3.63, 3.8) is 0 Å². The van der Waals surface area contributed by atoms with E-state index >= 15 is 0 Å². The monoisotopic (exact) mass is 216 g/mol. The van der Waals surface area contributed by atoms with Gasteiger partial charge in [0.1, 0.15) is 0 Å². The van der Waals surface area contributed by atoms with Crippen molar-refractivity contribution in [1.82, 2.24) is 9.78 Å². The first-order chi connectivity index (χ1) is 7.66. The van der Waals surface area contributed by atoms with Gasteiger partial charge in [-0.3, -0.25) is 4.68 Å². The Balaban J connectivity index is 2.14. The van der Waals surface area contributed by atoms with Crippen LogP contribution in [0.15, 0.2) is 36.7 Å². The molecule has 1 aromatic carbocycles. The summed E-state index contributed by atoms with van der Waals surface area (Å²) in [5.41, 5.74) is 8.94. The van der Waals surface area contributed by atoms with E-state index in [2.05, 4.69) is 10.00 Å². The lowest BCUT2D eigenvalue weighted by atomic mass is 10.2. The number of anilines is 2. The fourth-order valence-electron chi connectivity index (χ4n) is 1.75. The number of hydrogen-bond donors (Lipinski definition) is 1. The molecule has 0 amide bonds. The van der Waals surface area contributed by atoms with E-state index in [1.54, 1.807) is 4.68 Å². The summed E-state index contributed by atoms with van der Waals surface area (Å²) in [6, 6.07) is 7.86. The number of para-hydroxylation sites is 2. The summed E-state index contributed by atoms with van der Waals surface area (Å²) in [5.74, 6) is 0. The first-order valence-electron chi connectivity index (χ1n) is 5.20. The molecule has 0 fully saturated rings. The molecule has 0 atom stereocenters. The van der Waals surface area contributed by atoms with Crippen molar-refractivity contribution in [3.05, 3.63) is 42.2 Å². The van der Waals surface area contributed by atoms with Crippen molar-refractivity contribution in [2.24, 2.45) is 7.05 Å². The van der Waals surface area contributed by atoms with Gasteiger partial charge >= 0.3 is 0 Å². The lowest BCUT2D eigenvalue weighted by Gasteiger charge is -2.20. The second kappa shape index (κ2) is 4.26. The van der Waals surface area contributed by atoms with E-state index in [9.17, 15) is 0 Å². The van der Waals surface area contributed by atoms with Gasteiger partial charge in [-0.15, -0.1) is 0 Å². The third-order valence-corrected chi connectivity index (χ3v) is 2.53. The number of nitrogen functional groups attached to an aromatic ring is 1. The number of aromatic nitrogens is 2. The zero-order chi connectivity index (χ0) is 11.5. The molecule has 84 valence electrons. The molecule has 0 aliphatic carbocycles. The first-order valence-corrected chi connectivity index (χ1v) is 5.20. The molecule has 4 heteroatoms. The smallest absolute Gasteiger partial charge is 0.0600 e. The Morgan fingerprint density at radius 2 is 2.12 bits per heavy atom. The second-order valence-corrected chi connectivity index (χ2v) is 3.94. The van der Waals surface area contributed by atoms with Gasteiger partial charge in [0.05, 0.1) is 17.6 Å². The molecule has 0 saturated carbocycles. The van der Waals surface area contributed by atoms with Crippen LogP contribution in [0.25, 0.3) is 0 Å². The van der Waals surface area contributed by atoms with Gasteiger partial charge in [-0.2, -0.15) is 5.10 Å². The van der Waals surface area contributed by atoms with Crippen LogP contribution in [0.2, 0.25) is 0 Å².